The number of esters is 2. The van der Waals surface area contributed by atoms with Gasteiger partial charge in [0.25, 0.3) is 0 Å². The molecule has 0 N–H and O–H groups in total. The smallest absolute Gasteiger partial charge is 0.343 e. The monoisotopic (exact) mass is 716 g/mol. The highest BCUT2D eigenvalue weighted by atomic mass is 16.6. The highest BCUT2D eigenvalue weighted by Crippen LogP contribution is 2.54. The van der Waals surface area contributed by atoms with E-state index in [4.69, 9.17) is 14.2 Å². The van der Waals surface area contributed by atoms with Gasteiger partial charge in [-0.15, -0.1) is 0 Å². The molecule has 0 spiro atoms. The average Bonchev–Trinajstić information content (AvgIpc) is 3.11. The fourth-order valence-corrected chi connectivity index (χ4v) is 8.50. The van der Waals surface area contributed by atoms with Crippen LogP contribution in [-0.4, -0.2) is 17.5 Å². The van der Waals surface area contributed by atoms with E-state index in [1.54, 1.807) is 48.5 Å². The molecule has 0 heterocycles. The van der Waals surface area contributed by atoms with Crippen molar-refractivity contribution in [3.63, 3.8) is 0 Å². The van der Waals surface area contributed by atoms with E-state index in [2.05, 4.69) is 78.8 Å². The fraction of sp³-hybridized carbons (Fsp3) is 0.458. The van der Waals surface area contributed by atoms with Gasteiger partial charge in [0.2, 0.25) is 0 Å². The van der Waals surface area contributed by atoms with Crippen LogP contribution in [0, 0.1) is 25.2 Å². The number of rotatable bonds is 12. The zero-order chi connectivity index (χ0) is 38.8. The van der Waals surface area contributed by atoms with Crippen LogP contribution in [0.2, 0.25) is 0 Å². The van der Waals surface area contributed by atoms with Gasteiger partial charge in [-0.2, -0.15) is 0 Å². The van der Waals surface area contributed by atoms with Crippen molar-refractivity contribution in [2.45, 2.75) is 131 Å². The number of ether oxygens (including phenoxy) is 3. The Hall–Kier alpha value is -4.38. The first-order chi connectivity index (χ1) is 24.9. The normalized spacial score (nSPS) is 18.7. The van der Waals surface area contributed by atoms with E-state index in [1.165, 1.54) is 28.7 Å². The fourth-order valence-electron chi connectivity index (χ4n) is 8.50. The van der Waals surface area contributed by atoms with Crippen molar-refractivity contribution < 1.29 is 23.8 Å². The molecule has 0 aliphatic heterocycles. The van der Waals surface area contributed by atoms with E-state index >= 15 is 0 Å². The van der Waals surface area contributed by atoms with Crippen LogP contribution in [0.15, 0.2) is 84.9 Å². The summed E-state index contributed by atoms with van der Waals surface area (Å²) in [6, 6.07) is 27.4. The van der Waals surface area contributed by atoms with Crippen LogP contribution in [0.4, 0.5) is 0 Å². The third-order valence-corrected chi connectivity index (χ3v) is 11.9. The molecule has 2 unspecified atom stereocenters. The summed E-state index contributed by atoms with van der Waals surface area (Å²) in [5.41, 5.74) is 7.00. The first kappa shape index (κ1) is 39.8. The Bertz CT molecular complexity index is 1910. The van der Waals surface area contributed by atoms with Gasteiger partial charge in [0.15, 0.2) is 0 Å². The standard InChI is InChI=1S/C48H60O5/c1-12-46(9,10)53-44(50)36-17-23-40(24-18-36)51-39-21-15-35(16-22-39)43(49)52-42-26-20-38(28-34(42)6)48(30-32(4)29-45(7,8)31-48)37-19-25-41(33(5)27-37)47(11,13-2)14-3/h15-28,32H,12-14,29-31H2,1-11H3. The van der Waals surface area contributed by atoms with Crippen molar-refractivity contribution in [2.24, 2.45) is 11.3 Å². The molecular formula is C48H60O5. The minimum absolute atomic E-state index is 0.141. The molecule has 2 atom stereocenters. The zero-order valence-corrected chi connectivity index (χ0v) is 33.9. The van der Waals surface area contributed by atoms with Gasteiger partial charge < -0.3 is 14.2 Å². The van der Waals surface area contributed by atoms with Gasteiger partial charge in [-0.3, -0.25) is 0 Å². The molecular weight excluding hydrogens is 657 g/mol. The van der Waals surface area contributed by atoms with Crippen LogP contribution < -0.4 is 9.47 Å². The lowest BCUT2D eigenvalue weighted by atomic mass is 9.55. The molecule has 1 fully saturated rings. The maximum absolute atomic E-state index is 13.4. The highest BCUT2D eigenvalue weighted by molar-refractivity contribution is 5.91. The number of hydrogen-bond donors (Lipinski definition) is 0. The summed E-state index contributed by atoms with van der Waals surface area (Å²) in [7, 11) is 0. The number of benzene rings is 4. The summed E-state index contributed by atoms with van der Waals surface area (Å²) in [6.45, 7) is 24.3. The molecule has 0 saturated heterocycles. The van der Waals surface area contributed by atoms with Crippen LogP contribution in [0.3, 0.4) is 0 Å². The largest absolute Gasteiger partial charge is 0.457 e. The van der Waals surface area contributed by atoms with Crippen molar-refractivity contribution in [2.75, 3.05) is 0 Å². The number of carbonyl (C=O) groups excluding carboxylic acids is 2. The van der Waals surface area contributed by atoms with E-state index < -0.39 is 11.6 Å². The molecule has 4 aromatic rings. The summed E-state index contributed by atoms with van der Waals surface area (Å²) >= 11 is 0. The third kappa shape index (κ3) is 8.88. The number of carbonyl (C=O) groups is 2. The molecule has 5 nitrogen and oxygen atoms in total. The quantitative estimate of drug-likeness (QED) is 0.108. The second-order valence-electron chi connectivity index (χ2n) is 17.3. The van der Waals surface area contributed by atoms with Gasteiger partial charge in [-0.1, -0.05) is 78.8 Å². The minimum atomic E-state index is -0.524. The molecule has 4 aromatic carbocycles. The van der Waals surface area contributed by atoms with Crippen LogP contribution in [0.1, 0.15) is 149 Å². The third-order valence-electron chi connectivity index (χ3n) is 11.9. The molecule has 1 saturated carbocycles. The summed E-state index contributed by atoms with van der Waals surface area (Å²) in [5.74, 6) is 1.48. The minimum Gasteiger partial charge on any atom is -0.457 e. The van der Waals surface area contributed by atoms with Crippen molar-refractivity contribution >= 4 is 11.9 Å². The summed E-state index contributed by atoms with van der Waals surface area (Å²) in [6.07, 6.45) is 6.29. The second-order valence-corrected chi connectivity index (χ2v) is 17.3. The first-order valence-corrected chi connectivity index (χ1v) is 19.5. The molecule has 5 heteroatoms. The molecule has 0 bridgehead atoms. The summed E-state index contributed by atoms with van der Waals surface area (Å²) in [4.78, 5) is 25.8. The van der Waals surface area contributed by atoms with Gasteiger partial charge in [0.1, 0.15) is 22.8 Å². The van der Waals surface area contributed by atoms with E-state index in [0.717, 1.165) is 37.7 Å². The second kappa shape index (κ2) is 15.5. The predicted molar refractivity (Wildman–Crippen MR) is 216 cm³/mol. The van der Waals surface area contributed by atoms with Gasteiger partial charge in [-0.25, -0.2) is 9.59 Å². The predicted octanol–water partition coefficient (Wildman–Crippen LogP) is 12.9. The van der Waals surface area contributed by atoms with Gasteiger partial charge in [-0.05, 0) is 165 Å². The van der Waals surface area contributed by atoms with Crippen LogP contribution in [-0.2, 0) is 15.6 Å². The first-order valence-electron chi connectivity index (χ1n) is 19.5. The molecule has 1 aliphatic carbocycles. The maximum Gasteiger partial charge on any atom is 0.343 e. The molecule has 282 valence electrons. The topological polar surface area (TPSA) is 61.8 Å². The Morgan fingerprint density at radius 1 is 0.698 bits per heavy atom. The Morgan fingerprint density at radius 3 is 1.72 bits per heavy atom. The van der Waals surface area contributed by atoms with Crippen LogP contribution in [0.5, 0.6) is 17.2 Å². The van der Waals surface area contributed by atoms with Crippen molar-refractivity contribution in [1.82, 2.24) is 0 Å². The highest BCUT2D eigenvalue weighted by Gasteiger charge is 2.45. The van der Waals surface area contributed by atoms with Gasteiger partial charge >= 0.3 is 11.9 Å². The molecule has 0 aromatic heterocycles. The summed E-state index contributed by atoms with van der Waals surface area (Å²) in [5, 5.41) is 0. The Kier molecular flexibility index (Phi) is 11.7. The molecule has 0 radical (unpaired) electrons. The van der Waals surface area contributed by atoms with Crippen molar-refractivity contribution in [3.8, 4) is 17.2 Å². The molecule has 1 aliphatic rings. The Balaban J connectivity index is 1.33. The van der Waals surface area contributed by atoms with E-state index in [-0.39, 0.29) is 22.2 Å². The molecule has 0 amide bonds. The van der Waals surface area contributed by atoms with E-state index in [1.807, 2.05) is 33.8 Å². The van der Waals surface area contributed by atoms with Gasteiger partial charge in [0, 0.05) is 5.41 Å². The van der Waals surface area contributed by atoms with Gasteiger partial charge in [0.05, 0.1) is 11.1 Å². The average molecular weight is 717 g/mol. The molecule has 5 rings (SSSR count). The van der Waals surface area contributed by atoms with Crippen molar-refractivity contribution in [3.05, 3.63) is 124 Å². The van der Waals surface area contributed by atoms with E-state index in [0.29, 0.717) is 34.3 Å². The Morgan fingerprint density at radius 2 is 1.23 bits per heavy atom. The number of aryl methyl sites for hydroxylation is 2. The van der Waals surface area contributed by atoms with E-state index in [9.17, 15) is 9.59 Å². The Labute approximate surface area is 318 Å². The summed E-state index contributed by atoms with van der Waals surface area (Å²) < 4.78 is 17.6. The van der Waals surface area contributed by atoms with Crippen LogP contribution >= 0.6 is 0 Å². The zero-order valence-electron chi connectivity index (χ0n) is 33.9. The lowest BCUT2D eigenvalue weighted by Crippen LogP contribution is -2.41. The number of hydrogen-bond acceptors (Lipinski definition) is 5. The lowest BCUT2D eigenvalue weighted by molar-refractivity contribution is -0.00245. The van der Waals surface area contributed by atoms with Crippen LogP contribution in [0.25, 0.3) is 0 Å². The SMILES string of the molecule is CCC(C)(C)OC(=O)c1ccc(Oc2ccc(C(=O)Oc3ccc(C4(c5ccc(C(C)(CC)CC)c(C)c5)CC(C)CC(C)(C)C4)cc3C)cc2)cc1. The maximum atomic E-state index is 13.4. The molecule has 53 heavy (non-hydrogen) atoms. The lowest BCUT2D eigenvalue weighted by Gasteiger charge is -2.49. The van der Waals surface area contributed by atoms with Crippen molar-refractivity contribution in [1.29, 1.82) is 0 Å².